The van der Waals surface area contributed by atoms with Crippen molar-refractivity contribution in [3.05, 3.63) is 70.0 Å². The van der Waals surface area contributed by atoms with Gasteiger partial charge in [0, 0.05) is 30.9 Å². The lowest BCUT2D eigenvalue weighted by atomic mass is 10.2. The van der Waals surface area contributed by atoms with Crippen molar-refractivity contribution in [3.63, 3.8) is 0 Å². The molecule has 0 saturated heterocycles. The predicted molar refractivity (Wildman–Crippen MR) is 114 cm³/mol. The van der Waals surface area contributed by atoms with E-state index in [0.717, 1.165) is 16.6 Å². The molecule has 3 heterocycles. The van der Waals surface area contributed by atoms with Crippen molar-refractivity contribution in [1.82, 2.24) is 19.6 Å². The molecule has 0 radical (unpaired) electrons. The number of aliphatic hydroxyl groups excluding tert-OH is 1. The summed E-state index contributed by atoms with van der Waals surface area (Å²) in [6.07, 6.45) is 3.55. The lowest BCUT2D eigenvalue weighted by Crippen LogP contribution is -2.38. The fourth-order valence-electron chi connectivity index (χ4n) is 3.36. The van der Waals surface area contributed by atoms with E-state index in [1.54, 1.807) is 25.3 Å². The number of rotatable bonds is 5. The van der Waals surface area contributed by atoms with Crippen molar-refractivity contribution >= 4 is 40.5 Å². The fourth-order valence-corrected chi connectivity index (χ4v) is 3.66. The monoisotopic (exact) mass is 444 g/mol. The van der Waals surface area contributed by atoms with Crippen molar-refractivity contribution in [2.75, 3.05) is 6.54 Å². The van der Waals surface area contributed by atoms with Gasteiger partial charge in [0.25, 0.3) is 5.91 Å². The Morgan fingerprint density at radius 1 is 1.23 bits per heavy atom. The third-order valence-electron chi connectivity index (χ3n) is 4.96. The van der Waals surface area contributed by atoms with E-state index >= 15 is 0 Å². The number of nitrogens with zero attached hydrogens (tertiary/aromatic N) is 3. The van der Waals surface area contributed by atoms with Crippen molar-refractivity contribution in [3.8, 4) is 11.4 Å². The molecule has 1 unspecified atom stereocenters. The zero-order valence-electron chi connectivity index (χ0n) is 16.0. The second-order valence-corrected chi connectivity index (χ2v) is 7.64. The first-order valence-corrected chi connectivity index (χ1v) is 10.0. The minimum Gasteiger partial charge on any atom is -0.369 e. The van der Waals surface area contributed by atoms with Crippen LogP contribution in [0.2, 0.25) is 10.0 Å². The third kappa shape index (κ3) is 3.67. The second-order valence-electron chi connectivity index (χ2n) is 6.82. The summed E-state index contributed by atoms with van der Waals surface area (Å²) in [5, 5.41) is 13.8. The van der Waals surface area contributed by atoms with E-state index in [0.29, 0.717) is 22.4 Å². The molecule has 0 bridgehead atoms. The highest BCUT2D eigenvalue weighted by molar-refractivity contribution is 6.42. The molecule has 9 heteroatoms. The zero-order valence-corrected chi connectivity index (χ0v) is 17.5. The van der Waals surface area contributed by atoms with Gasteiger partial charge in [-0.2, -0.15) is 0 Å². The van der Waals surface area contributed by atoms with E-state index in [-0.39, 0.29) is 18.0 Å². The summed E-state index contributed by atoms with van der Waals surface area (Å²) < 4.78 is 1.90. The summed E-state index contributed by atoms with van der Waals surface area (Å²) in [5.74, 6) is -0.168. The quantitative estimate of drug-likeness (QED) is 0.632. The Hall–Kier alpha value is -2.87. The fraction of sp³-hybridized carbons (Fsp3) is 0.190. The first kappa shape index (κ1) is 20.4. The lowest BCUT2D eigenvalue weighted by molar-refractivity contribution is -0.131. The molecule has 3 aromatic rings. The zero-order chi connectivity index (χ0) is 21.4. The second kappa shape index (κ2) is 8.10. The molecule has 2 amide bonds. The highest BCUT2D eigenvalue weighted by Gasteiger charge is 2.33. The summed E-state index contributed by atoms with van der Waals surface area (Å²) in [6, 6.07) is 9.06. The van der Waals surface area contributed by atoms with Crippen molar-refractivity contribution < 1.29 is 14.7 Å². The van der Waals surface area contributed by atoms with Crippen LogP contribution in [0.3, 0.4) is 0 Å². The van der Waals surface area contributed by atoms with Crippen LogP contribution in [-0.2, 0) is 16.1 Å². The standard InChI is InChI=1S/C21H18Cl2N4O3/c1-2-26-18(28)8-15(21(26)30)20(29)25-9-12-3-5-14-10-24-19(27(14)11-12)13-4-6-16(22)17(23)7-13/h3-8,10-11,21,30H,2,9H2,1H3,(H,25,29). The average Bonchev–Trinajstić information content (AvgIpc) is 3.28. The number of amides is 2. The number of hydrogen-bond acceptors (Lipinski definition) is 4. The number of hydrogen-bond donors (Lipinski definition) is 2. The van der Waals surface area contributed by atoms with Gasteiger partial charge in [0.05, 0.1) is 27.3 Å². The molecule has 0 fully saturated rings. The van der Waals surface area contributed by atoms with E-state index in [4.69, 9.17) is 23.2 Å². The molecular formula is C21H18Cl2N4O3. The molecule has 1 aromatic carbocycles. The Morgan fingerprint density at radius 3 is 2.73 bits per heavy atom. The van der Waals surface area contributed by atoms with Gasteiger partial charge in [-0.3, -0.25) is 14.0 Å². The van der Waals surface area contributed by atoms with Gasteiger partial charge >= 0.3 is 0 Å². The maximum atomic E-state index is 12.4. The molecule has 0 spiro atoms. The smallest absolute Gasteiger partial charge is 0.252 e. The van der Waals surface area contributed by atoms with Crippen LogP contribution in [0, 0.1) is 0 Å². The number of aromatic nitrogens is 2. The number of carbonyl (C=O) groups is 2. The Labute approximate surface area is 182 Å². The molecule has 1 aliphatic heterocycles. The van der Waals surface area contributed by atoms with Gasteiger partial charge < -0.3 is 15.3 Å². The number of aliphatic hydroxyl groups is 1. The van der Waals surface area contributed by atoms with Gasteiger partial charge in [-0.1, -0.05) is 29.3 Å². The number of carbonyl (C=O) groups excluding carboxylic acids is 2. The first-order chi connectivity index (χ1) is 14.4. The maximum Gasteiger partial charge on any atom is 0.252 e. The summed E-state index contributed by atoms with van der Waals surface area (Å²) in [5.41, 5.74) is 2.55. The number of pyridine rings is 1. The summed E-state index contributed by atoms with van der Waals surface area (Å²) in [4.78, 5) is 29.9. The van der Waals surface area contributed by atoms with Gasteiger partial charge in [-0.15, -0.1) is 0 Å². The molecule has 30 heavy (non-hydrogen) atoms. The Bertz CT molecular complexity index is 1190. The largest absolute Gasteiger partial charge is 0.369 e. The normalized spacial score (nSPS) is 16.3. The van der Waals surface area contributed by atoms with Gasteiger partial charge in [0.1, 0.15) is 5.82 Å². The molecule has 7 nitrogen and oxygen atoms in total. The highest BCUT2D eigenvalue weighted by atomic mass is 35.5. The van der Waals surface area contributed by atoms with Crippen LogP contribution in [-0.4, -0.2) is 44.0 Å². The highest BCUT2D eigenvalue weighted by Crippen LogP contribution is 2.28. The molecule has 0 saturated carbocycles. The SMILES string of the molecule is CCN1C(=O)C=C(C(=O)NCc2ccc3cnc(-c4ccc(Cl)c(Cl)c4)n3c2)C1O. The topological polar surface area (TPSA) is 86.9 Å². The van der Waals surface area contributed by atoms with E-state index in [1.165, 1.54) is 11.0 Å². The minimum absolute atomic E-state index is 0.0436. The van der Waals surface area contributed by atoms with E-state index in [1.807, 2.05) is 28.8 Å². The molecule has 0 aliphatic carbocycles. The Balaban J connectivity index is 1.54. The summed E-state index contributed by atoms with van der Waals surface area (Å²) in [7, 11) is 0. The van der Waals surface area contributed by atoms with Crippen LogP contribution in [0.4, 0.5) is 0 Å². The van der Waals surface area contributed by atoms with Crippen LogP contribution in [0.1, 0.15) is 12.5 Å². The lowest BCUT2D eigenvalue weighted by Gasteiger charge is -2.20. The molecule has 1 aliphatic rings. The van der Waals surface area contributed by atoms with Gasteiger partial charge in [0.2, 0.25) is 5.91 Å². The number of benzene rings is 1. The van der Waals surface area contributed by atoms with Crippen LogP contribution >= 0.6 is 23.2 Å². The van der Waals surface area contributed by atoms with Gasteiger partial charge in [-0.05, 0) is 36.8 Å². The molecule has 1 atom stereocenters. The number of likely N-dealkylation sites (N-methyl/N-ethyl adjacent to an activating group) is 1. The minimum atomic E-state index is -1.22. The third-order valence-corrected chi connectivity index (χ3v) is 5.70. The molecule has 2 N–H and O–H groups in total. The van der Waals surface area contributed by atoms with Gasteiger partial charge in [0.15, 0.2) is 6.23 Å². The van der Waals surface area contributed by atoms with E-state index < -0.39 is 12.1 Å². The molecule has 154 valence electrons. The number of fused-ring (bicyclic) bond motifs is 1. The number of halogens is 2. The maximum absolute atomic E-state index is 12.4. The van der Waals surface area contributed by atoms with Crippen molar-refractivity contribution in [2.24, 2.45) is 0 Å². The number of nitrogens with one attached hydrogen (secondary N) is 1. The van der Waals surface area contributed by atoms with Gasteiger partial charge in [-0.25, -0.2) is 4.98 Å². The average molecular weight is 445 g/mol. The molecule has 4 rings (SSSR count). The van der Waals surface area contributed by atoms with Crippen LogP contribution < -0.4 is 5.32 Å². The Kier molecular flexibility index (Phi) is 5.51. The van der Waals surface area contributed by atoms with Crippen LogP contribution in [0.15, 0.2) is 54.4 Å². The van der Waals surface area contributed by atoms with Crippen molar-refractivity contribution in [1.29, 1.82) is 0 Å². The first-order valence-electron chi connectivity index (χ1n) is 9.29. The van der Waals surface area contributed by atoms with Crippen LogP contribution in [0.5, 0.6) is 0 Å². The van der Waals surface area contributed by atoms with E-state index in [2.05, 4.69) is 10.3 Å². The predicted octanol–water partition coefficient (Wildman–Crippen LogP) is 3.03. The summed E-state index contributed by atoms with van der Waals surface area (Å²) in [6.45, 7) is 2.28. The van der Waals surface area contributed by atoms with E-state index in [9.17, 15) is 14.7 Å². The molecule has 2 aromatic heterocycles. The Morgan fingerprint density at radius 2 is 2.03 bits per heavy atom. The number of imidazole rings is 1. The van der Waals surface area contributed by atoms with Crippen molar-refractivity contribution in [2.45, 2.75) is 19.7 Å². The van der Waals surface area contributed by atoms with Crippen LogP contribution in [0.25, 0.3) is 16.9 Å². The summed E-state index contributed by atoms with van der Waals surface area (Å²) >= 11 is 12.1. The molecular weight excluding hydrogens is 427 g/mol.